The molecule has 0 bridgehead atoms. The van der Waals surface area contributed by atoms with Gasteiger partial charge in [-0.05, 0) is 55.4 Å². The maximum absolute atomic E-state index is 13.5. The summed E-state index contributed by atoms with van der Waals surface area (Å²) in [4.78, 5) is 31.0. The Labute approximate surface area is 226 Å². The maximum atomic E-state index is 13.5. The summed E-state index contributed by atoms with van der Waals surface area (Å²) in [7, 11) is 0. The van der Waals surface area contributed by atoms with Crippen LogP contribution in [-0.4, -0.2) is 32.8 Å². The number of halogens is 1. The number of amides is 1. The van der Waals surface area contributed by atoms with Gasteiger partial charge in [0.2, 0.25) is 0 Å². The second-order valence-corrected chi connectivity index (χ2v) is 11.7. The number of carbonyl (C=O) groups excluding carboxylic acids is 1. The van der Waals surface area contributed by atoms with E-state index in [0.29, 0.717) is 38.2 Å². The molecule has 2 aliphatic rings. The van der Waals surface area contributed by atoms with Gasteiger partial charge in [0.25, 0.3) is 11.5 Å². The molecule has 9 heteroatoms. The molecule has 2 aromatic rings. The van der Waals surface area contributed by atoms with E-state index in [-0.39, 0.29) is 23.6 Å². The number of nitriles is 1. The molecule has 2 atom stereocenters. The predicted molar refractivity (Wildman–Crippen MR) is 151 cm³/mol. The van der Waals surface area contributed by atoms with Crippen molar-refractivity contribution < 1.29 is 4.79 Å². The molecule has 188 valence electrons. The Balaban J connectivity index is 1.83. The summed E-state index contributed by atoms with van der Waals surface area (Å²) in [5.41, 5.74) is 1.95. The predicted octanol–water partition coefficient (Wildman–Crippen LogP) is 5.59. The lowest BCUT2D eigenvalue weighted by molar-refractivity contribution is -0.122. The van der Waals surface area contributed by atoms with Gasteiger partial charge in [0.1, 0.15) is 21.8 Å². The van der Waals surface area contributed by atoms with Gasteiger partial charge >= 0.3 is 0 Å². The fraction of sp³-hybridized carbons (Fsp3) is 0.407. The molecule has 1 aromatic heterocycles. The molecule has 0 aliphatic carbocycles. The van der Waals surface area contributed by atoms with Crippen molar-refractivity contribution in [2.75, 3.05) is 18.0 Å². The van der Waals surface area contributed by atoms with Crippen LogP contribution >= 0.6 is 35.6 Å². The van der Waals surface area contributed by atoms with E-state index in [1.807, 2.05) is 31.2 Å². The first-order valence-electron chi connectivity index (χ1n) is 12.1. The molecule has 0 saturated carbocycles. The molecule has 0 radical (unpaired) electrons. The van der Waals surface area contributed by atoms with E-state index < -0.39 is 0 Å². The average molecular weight is 541 g/mol. The van der Waals surface area contributed by atoms with E-state index in [1.165, 1.54) is 11.8 Å². The van der Waals surface area contributed by atoms with Crippen LogP contribution in [0.3, 0.4) is 0 Å². The number of pyridine rings is 1. The highest BCUT2D eigenvalue weighted by Crippen LogP contribution is 2.38. The molecular weight excluding hydrogens is 512 g/mol. The van der Waals surface area contributed by atoms with Crippen LogP contribution in [0.5, 0.6) is 0 Å². The first kappa shape index (κ1) is 26.5. The van der Waals surface area contributed by atoms with Crippen LogP contribution in [0.15, 0.2) is 34.0 Å². The zero-order valence-electron chi connectivity index (χ0n) is 20.9. The third-order valence-electron chi connectivity index (χ3n) is 6.77. The van der Waals surface area contributed by atoms with Gasteiger partial charge in [0.05, 0.1) is 11.4 Å². The SMILES string of the molecule is CCn1c(N2CC(C)CC(C)C2)c(/C=C2/SC(=S)N(Cc3ccccc3Cl)C2=O)c(C)c(C#N)c1=O. The van der Waals surface area contributed by atoms with E-state index in [1.54, 1.807) is 22.5 Å². The Morgan fingerprint density at radius 3 is 2.50 bits per heavy atom. The van der Waals surface area contributed by atoms with Crippen molar-refractivity contribution in [1.29, 1.82) is 5.26 Å². The van der Waals surface area contributed by atoms with Gasteiger partial charge in [-0.15, -0.1) is 0 Å². The number of carbonyl (C=O) groups is 1. The summed E-state index contributed by atoms with van der Waals surface area (Å²) in [6.45, 7) is 10.5. The van der Waals surface area contributed by atoms with Crippen LogP contribution in [0, 0.1) is 30.1 Å². The van der Waals surface area contributed by atoms with Gasteiger partial charge in [-0.3, -0.25) is 19.1 Å². The zero-order chi connectivity index (χ0) is 26.1. The van der Waals surface area contributed by atoms with Crippen LogP contribution < -0.4 is 10.5 Å². The van der Waals surface area contributed by atoms with Gasteiger partial charge in [0.15, 0.2) is 0 Å². The number of thiocarbonyl (C=S) groups is 1. The Kier molecular flexibility index (Phi) is 7.93. The molecule has 36 heavy (non-hydrogen) atoms. The largest absolute Gasteiger partial charge is 0.357 e. The molecule has 6 nitrogen and oxygen atoms in total. The first-order valence-corrected chi connectivity index (χ1v) is 13.7. The number of anilines is 1. The number of piperidine rings is 1. The number of hydrogen-bond acceptors (Lipinski definition) is 6. The summed E-state index contributed by atoms with van der Waals surface area (Å²) in [6.07, 6.45) is 2.94. The van der Waals surface area contributed by atoms with Gasteiger partial charge in [0, 0.05) is 30.2 Å². The Morgan fingerprint density at radius 2 is 1.89 bits per heavy atom. The van der Waals surface area contributed by atoms with Crippen LogP contribution in [0.1, 0.15) is 49.4 Å². The quantitative estimate of drug-likeness (QED) is 0.364. The minimum atomic E-state index is -0.290. The average Bonchev–Trinajstić information content (AvgIpc) is 3.09. The van der Waals surface area contributed by atoms with Crippen molar-refractivity contribution in [2.45, 2.75) is 47.2 Å². The number of nitrogens with zero attached hydrogens (tertiary/aromatic N) is 4. The summed E-state index contributed by atoms with van der Waals surface area (Å²) < 4.78 is 2.13. The molecule has 2 unspecified atom stereocenters. The van der Waals surface area contributed by atoms with Crippen molar-refractivity contribution in [1.82, 2.24) is 9.47 Å². The topological polar surface area (TPSA) is 69.3 Å². The summed E-state index contributed by atoms with van der Waals surface area (Å²) in [5.74, 6) is 1.50. The molecule has 0 spiro atoms. The molecule has 1 amide bonds. The lowest BCUT2D eigenvalue weighted by Gasteiger charge is -2.38. The highest BCUT2D eigenvalue weighted by atomic mass is 35.5. The van der Waals surface area contributed by atoms with E-state index >= 15 is 0 Å². The lowest BCUT2D eigenvalue weighted by atomic mass is 9.91. The van der Waals surface area contributed by atoms with Crippen molar-refractivity contribution in [3.05, 3.63) is 66.8 Å². The summed E-state index contributed by atoms with van der Waals surface area (Å²) in [5, 5.41) is 10.4. The molecule has 2 saturated heterocycles. The zero-order valence-corrected chi connectivity index (χ0v) is 23.3. The normalized spacial score (nSPS) is 21.4. The number of thioether (sulfide) groups is 1. The van der Waals surface area contributed by atoms with Crippen molar-refractivity contribution in [3.63, 3.8) is 0 Å². The third-order valence-corrected chi connectivity index (χ3v) is 8.51. The minimum absolute atomic E-state index is 0.108. The van der Waals surface area contributed by atoms with Crippen molar-refractivity contribution in [3.8, 4) is 6.07 Å². The lowest BCUT2D eigenvalue weighted by Crippen LogP contribution is -2.42. The van der Waals surface area contributed by atoms with Gasteiger partial charge in [-0.1, -0.05) is 67.6 Å². The molecule has 2 fully saturated rings. The van der Waals surface area contributed by atoms with Crippen molar-refractivity contribution in [2.24, 2.45) is 11.8 Å². The molecule has 2 aliphatic heterocycles. The van der Waals surface area contributed by atoms with E-state index in [2.05, 4.69) is 24.8 Å². The number of aromatic nitrogens is 1. The summed E-state index contributed by atoms with van der Waals surface area (Å²) in [6, 6.07) is 9.48. The van der Waals surface area contributed by atoms with Crippen LogP contribution in [-0.2, 0) is 17.9 Å². The summed E-state index contributed by atoms with van der Waals surface area (Å²) >= 11 is 13.1. The second-order valence-electron chi connectivity index (χ2n) is 9.61. The van der Waals surface area contributed by atoms with Gasteiger partial charge in [-0.25, -0.2) is 0 Å². The fourth-order valence-corrected chi connectivity index (χ4v) is 6.61. The minimum Gasteiger partial charge on any atom is -0.357 e. The number of hydrogen-bond donors (Lipinski definition) is 0. The standard InChI is InChI=1S/C27H29ClN4O2S2/c1-5-31-24(30-13-16(2)10-17(3)14-30)20(18(4)21(12-29)25(31)33)11-23-26(34)32(27(35)36-23)15-19-8-6-7-9-22(19)28/h6-9,11,16-17H,5,10,13-15H2,1-4H3/b23-11+. The Bertz CT molecular complexity index is 1350. The monoisotopic (exact) mass is 540 g/mol. The third kappa shape index (κ3) is 4.97. The smallest absolute Gasteiger partial charge is 0.270 e. The van der Waals surface area contributed by atoms with E-state index in [0.717, 1.165) is 36.5 Å². The Morgan fingerprint density at radius 1 is 1.22 bits per heavy atom. The number of benzene rings is 1. The molecule has 3 heterocycles. The van der Waals surface area contributed by atoms with Crippen LogP contribution in [0.2, 0.25) is 5.02 Å². The van der Waals surface area contributed by atoms with Gasteiger partial charge < -0.3 is 4.90 Å². The number of rotatable bonds is 5. The van der Waals surface area contributed by atoms with E-state index in [4.69, 9.17) is 23.8 Å². The second kappa shape index (κ2) is 10.8. The fourth-order valence-electron chi connectivity index (χ4n) is 5.18. The Hall–Kier alpha value is -2.60. The van der Waals surface area contributed by atoms with Crippen molar-refractivity contribution >= 4 is 57.7 Å². The van der Waals surface area contributed by atoms with E-state index in [9.17, 15) is 14.9 Å². The van der Waals surface area contributed by atoms with Crippen LogP contribution in [0.25, 0.3) is 6.08 Å². The highest BCUT2D eigenvalue weighted by Gasteiger charge is 2.34. The molecule has 1 aromatic carbocycles. The molecule has 0 N–H and O–H groups in total. The molecule has 4 rings (SSSR count). The molecular formula is C27H29ClN4O2S2. The highest BCUT2D eigenvalue weighted by molar-refractivity contribution is 8.26. The van der Waals surface area contributed by atoms with Gasteiger partial charge in [-0.2, -0.15) is 5.26 Å². The maximum Gasteiger partial charge on any atom is 0.270 e. The van der Waals surface area contributed by atoms with Crippen LogP contribution in [0.4, 0.5) is 5.82 Å². The first-order chi connectivity index (χ1) is 17.2.